The van der Waals surface area contributed by atoms with Gasteiger partial charge in [0.25, 0.3) is 0 Å². The molecular weight excluding hydrogens is 282 g/mol. The zero-order chi connectivity index (χ0) is 14.8. The molecular formula is C17H19NO2S. The predicted molar refractivity (Wildman–Crippen MR) is 86.4 cm³/mol. The summed E-state index contributed by atoms with van der Waals surface area (Å²) >= 11 is 1.88. The van der Waals surface area contributed by atoms with Gasteiger partial charge in [0, 0.05) is 22.6 Å². The Morgan fingerprint density at radius 1 is 1.10 bits per heavy atom. The minimum absolute atomic E-state index is 0.0408. The number of hydrogen-bond donors (Lipinski definition) is 1. The molecule has 2 N–H and O–H groups in total. The molecule has 3 nitrogen and oxygen atoms in total. The van der Waals surface area contributed by atoms with Crippen LogP contribution in [0, 0.1) is 0 Å². The second-order valence-electron chi connectivity index (χ2n) is 5.10. The number of nitrogens with two attached hydrogens (primary N) is 1. The Balaban J connectivity index is 1.91. The van der Waals surface area contributed by atoms with Gasteiger partial charge >= 0.3 is 0 Å². The van der Waals surface area contributed by atoms with Crippen molar-refractivity contribution in [3.05, 3.63) is 53.6 Å². The van der Waals surface area contributed by atoms with Gasteiger partial charge < -0.3 is 15.2 Å². The summed E-state index contributed by atoms with van der Waals surface area (Å²) in [6, 6.07) is 14.4. The van der Waals surface area contributed by atoms with Crippen molar-refractivity contribution in [2.45, 2.75) is 16.9 Å². The number of benzene rings is 2. The third-order valence-electron chi connectivity index (χ3n) is 3.96. The first-order valence-corrected chi connectivity index (χ1v) is 7.92. The molecule has 2 unspecified atom stereocenters. The predicted octanol–water partition coefficient (Wildman–Crippen LogP) is 3.59. The van der Waals surface area contributed by atoms with Crippen LogP contribution in [0.5, 0.6) is 11.5 Å². The van der Waals surface area contributed by atoms with Crippen molar-refractivity contribution in [2.75, 3.05) is 20.0 Å². The third kappa shape index (κ3) is 2.61. The smallest absolute Gasteiger partial charge is 0.161 e. The topological polar surface area (TPSA) is 44.5 Å². The van der Waals surface area contributed by atoms with Crippen LogP contribution < -0.4 is 15.2 Å². The van der Waals surface area contributed by atoms with E-state index >= 15 is 0 Å². The Labute approximate surface area is 129 Å². The van der Waals surface area contributed by atoms with Crippen molar-refractivity contribution in [3.8, 4) is 11.5 Å². The SMILES string of the molecule is COc1ccc(C(N)C2CSc3ccccc32)cc1OC. The van der Waals surface area contributed by atoms with E-state index in [0.717, 1.165) is 22.8 Å². The highest BCUT2D eigenvalue weighted by atomic mass is 32.2. The van der Waals surface area contributed by atoms with Crippen LogP contribution in [-0.2, 0) is 0 Å². The zero-order valence-electron chi connectivity index (χ0n) is 12.2. The minimum Gasteiger partial charge on any atom is -0.493 e. The number of thioether (sulfide) groups is 1. The molecule has 1 heterocycles. The van der Waals surface area contributed by atoms with Gasteiger partial charge in [-0.15, -0.1) is 11.8 Å². The van der Waals surface area contributed by atoms with Crippen LogP contribution in [-0.4, -0.2) is 20.0 Å². The van der Waals surface area contributed by atoms with Crippen molar-refractivity contribution >= 4 is 11.8 Å². The molecule has 0 aliphatic carbocycles. The number of ether oxygens (including phenoxy) is 2. The lowest BCUT2D eigenvalue weighted by atomic mass is 9.89. The summed E-state index contributed by atoms with van der Waals surface area (Å²) in [5.41, 5.74) is 8.95. The molecule has 2 aromatic rings. The lowest BCUT2D eigenvalue weighted by Crippen LogP contribution is -2.19. The number of hydrogen-bond acceptors (Lipinski definition) is 4. The second-order valence-corrected chi connectivity index (χ2v) is 6.16. The van der Waals surface area contributed by atoms with Crippen molar-refractivity contribution < 1.29 is 9.47 Å². The van der Waals surface area contributed by atoms with E-state index in [9.17, 15) is 0 Å². The van der Waals surface area contributed by atoms with Crippen LogP contribution in [0.1, 0.15) is 23.1 Å². The van der Waals surface area contributed by atoms with E-state index in [2.05, 4.69) is 24.3 Å². The molecule has 0 radical (unpaired) electrons. The fourth-order valence-corrected chi connectivity index (χ4v) is 4.08. The van der Waals surface area contributed by atoms with Crippen LogP contribution in [0.4, 0.5) is 0 Å². The molecule has 21 heavy (non-hydrogen) atoms. The van der Waals surface area contributed by atoms with Gasteiger partial charge in [-0.1, -0.05) is 24.3 Å². The number of fused-ring (bicyclic) bond motifs is 1. The summed E-state index contributed by atoms with van der Waals surface area (Å²) in [6.45, 7) is 0. The Morgan fingerprint density at radius 3 is 2.62 bits per heavy atom. The van der Waals surface area contributed by atoms with Gasteiger partial charge in [0.15, 0.2) is 11.5 Å². The summed E-state index contributed by atoms with van der Waals surface area (Å²) in [7, 11) is 3.29. The first-order valence-electron chi connectivity index (χ1n) is 6.94. The lowest BCUT2D eigenvalue weighted by Gasteiger charge is -2.21. The molecule has 1 aliphatic heterocycles. The van der Waals surface area contributed by atoms with Crippen LogP contribution in [0.15, 0.2) is 47.4 Å². The van der Waals surface area contributed by atoms with Gasteiger partial charge in [0.2, 0.25) is 0 Å². The van der Waals surface area contributed by atoms with Gasteiger partial charge in [-0.2, -0.15) is 0 Å². The lowest BCUT2D eigenvalue weighted by molar-refractivity contribution is 0.354. The normalized spacial score (nSPS) is 18.1. The van der Waals surface area contributed by atoms with Gasteiger partial charge in [0.1, 0.15) is 0 Å². The Bertz CT molecular complexity index is 644. The molecule has 4 heteroatoms. The highest BCUT2D eigenvalue weighted by Gasteiger charge is 2.29. The average molecular weight is 301 g/mol. The van der Waals surface area contributed by atoms with E-state index < -0.39 is 0 Å². The van der Waals surface area contributed by atoms with Gasteiger partial charge in [0.05, 0.1) is 14.2 Å². The molecule has 110 valence electrons. The van der Waals surface area contributed by atoms with E-state index in [1.54, 1.807) is 14.2 Å². The molecule has 2 atom stereocenters. The van der Waals surface area contributed by atoms with E-state index in [-0.39, 0.29) is 6.04 Å². The van der Waals surface area contributed by atoms with Crippen LogP contribution >= 0.6 is 11.8 Å². The molecule has 0 aromatic heterocycles. The van der Waals surface area contributed by atoms with Crippen molar-refractivity contribution in [2.24, 2.45) is 5.73 Å². The fraction of sp³-hybridized carbons (Fsp3) is 0.294. The van der Waals surface area contributed by atoms with Crippen molar-refractivity contribution in [3.63, 3.8) is 0 Å². The molecule has 0 saturated heterocycles. The largest absolute Gasteiger partial charge is 0.493 e. The second kappa shape index (κ2) is 6.00. The molecule has 2 aromatic carbocycles. The molecule has 0 spiro atoms. The standard InChI is InChI=1S/C17H19NO2S/c1-19-14-8-7-11(9-15(14)20-2)17(18)13-10-21-16-6-4-3-5-12(13)16/h3-9,13,17H,10,18H2,1-2H3. The summed E-state index contributed by atoms with van der Waals surface area (Å²) in [5, 5.41) is 0. The van der Waals surface area contributed by atoms with E-state index in [0.29, 0.717) is 5.92 Å². The van der Waals surface area contributed by atoms with Crippen molar-refractivity contribution in [1.82, 2.24) is 0 Å². The maximum absolute atomic E-state index is 6.52. The first-order chi connectivity index (χ1) is 10.2. The Kier molecular flexibility index (Phi) is 4.08. The quantitative estimate of drug-likeness (QED) is 0.937. The fourth-order valence-electron chi connectivity index (χ4n) is 2.78. The average Bonchev–Trinajstić information content (AvgIpc) is 2.97. The van der Waals surface area contributed by atoms with Crippen molar-refractivity contribution in [1.29, 1.82) is 0 Å². The first kappa shape index (κ1) is 14.3. The zero-order valence-corrected chi connectivity index (χ0v) is 13.0. The highest BCUT2D eigenvalue weighted by Crippen LogP contribution is 2.45. The van der Waals surface area contributed by atoms with Crippen LogP contribution in [0.25, 0.3) is 0 Å². The van der Waals surface area contributed by atoms with Gasteiger partial charge in [-0.05, 0) is 29.3 Å². The molecule has 0 bridgehead atoms. The summed E-state index contributed by atoms with van der Waals surface area (Å²) in [4.78, 5) is 1.35. The van der Waals surface area contributed by atoms with E-state index in [1.807, 2.05) is 30.0 Å². The monoisotopic (exact) mass is 301 g/mol. The highest BCUT2D eigenvalue weighted by molar-refractivity contribution is 7.99. The number of rotatable bonds is 4. The minimum atomic E-state index is -0.0408. The summed E-state index contributed by atoms with van der Waals surface area (Å²) in [5.74, 6) is 2.82. The third-order valence-corrected chi connectivity index (χ3v) is 5.17. The summed E-state index contributed by atoms with van der Waals surface area (Å²) in [6.07, 6.45) is 0. The van der Waals surface area contributed by atoms with E-state index in [4.69, 9.17) is 15.2 Å². The van der Waals surface area contributed by atoms with Gasteiger partial charge in [-0.25, -0.2) is 0 Å². The molecule has 3 rings (SSSR count). The Morgan fingerprint density at radius 2 is 1.86 bits per heavy atom. The van der Waals surface area contributed by atoms with E-state index in [1.165, 1.54) is 10.5 Å². The number of methoxy groups -OCH3 is 2. The Hall–Kier alpha value is -1.65. The van der Waals surface area contributed by atoms with Crippen LogP contribution in [0.2, 0.25) is 0 Å². The molecule has 0 amide bonds. The molecule has 0 saturated carbocycles. The van der Waals surface area contributed by atoms with Gasteiger partial charge in [-0.3, -0.25) is 0 Å². The van der Waals surface area contributed by atoms with Crippen LogP contribution in [0.3, 0.4) is 0 Å². The molecule has 1 aliphatic rings. The maximum Gasteiger partial charge on any atom is 0.161 e. The molecule has 0 fully saturated rings. The summed E-state index contributed by atoms with van der Waals surface area (Å²) < 4.78 is 10.7. The maximum atomic E-state index is 6.52.